The maximum absolute atomic E-state index is 12.7. The van der Waals surface area contributed by atoms with Gasteiger partial charge in [-0.1, -0.05) is 12.1 Å². The first-order valence-electron chi connectivity index (χ1n) is 9.80. The maximum atomic E-state index is 12.7. The van der Waals surface area contributed by atoms with Crippen molar-refractivity contribution in [2.75, 3.05) is 20.2 Å². The number of nitrogens with zero attached hydrogens (tertiary/aromatic N) is 3. The highest BCUT2D eigenvalue weighted by Gasteiger charge is 2.27. The maximum Gasteiger partial charge on any atom is 0.337 e. The van der Waals surface area contributed by atoms with Crippen molar-refractivity contribution in [1.82, 2.24) is 14.7 Å². The minimum atomic E-state index is -0.341. The molecule has 1 unspecified atom stereocenters. The number of hydrogen-bond acceptors (Lipinski definition) is 5. The smallest absolute Gasteiger partial charge is 0.337 e. The zero-order chi connectivity index (χ0) is 21.1. The minimum Gasteiger partial charge on any atom is -0.465 e. The molecule has 1 atom stereocenters. The van der Waals surface area contributed by atoms with Crippen LogP contribution in [0.2, 0.25) is 0 Å². The molecule has 1 fully saturated rings. The van der Waals surface area contributed by atoms with Crippen LogP contribution < -0.4 is 0 Å². The van der Waals surface area contributed by atoms with E-state index in [-0.39, 0.29) is 24.2 Å². The first kappa shape index (κ1) is 20.8. The van der Waals surface area contributed by atoms with Gasteiger partial charge >= 0.3 is 5.97 Å². The zero-order valence-electron chi connectivity index (χ0n) is 17.4. The first-order chi connectivity index (χ1) is 13.8. The lowest BCUT2D eigenvalue weighted by molar-refractivity contribution is -0.131. The molecule has 1 aromatic carbocycles. The predicted octanol–water partition coefficient (Wildman–Crippen LogP) is 2.58. The number of carbonyl (C=O) groups excluding carboxylic acids is 3. The Bertz CT molecular complexity index is 930. The van der Waals surface area contributed by atoms with Gasteiger partial charge in [-0.2, -0.15) is 5.10 Å². The number of hydrogen-bond donors (Lipinski definition) is 0. The highest BCUT2D eigenvalue weighted by Crippen LogP contribution is 2.22. The summed E-state index contributed by atoms with van der Waals surface area (Å²) in [7, 11) is 1.37. The van der Waals surface area contributed by atoms with Gasteiger partial charge < -0.3 is 9.64 Å². The molecule has 0 bridgehead atoms. The second-order valence-corrected chi connectivity index (χ2v) is 7.65. The molecule has 154 valence electrons. The van der Waals surface area contributed by atoms with Gasteiger partial charge in [-0.05, 0) is 57.2 Å². The van der Waals surface area contributed by atoms with E-state index < -0.39 is 0 Å². The molecule has 1 aromatic heterocycles. The molecular formula is C22H27N3O4. The van der Waals surface area contributed by atoms with E-state index >= 15 is 0 Å². The fraction of sp³-hybridized carbons (Fsp3) is 0.455. The van der Waals surface area contributed by atoms with Crippen molar-refractivity contribution >= 4 is 17.7 Å². The van der Waals surface area contributed by atoms with E-state index in [2.05, 4.69) is 5.10 Å². The summed E-state index contributed by atoms with van der Waals surface area (Å²) >= 11 is 0. The second kappa shape index (κ2) is 8.59. The van der Waals surface area contributed by atoms with E-state index in [1.54, 1.807) is 23.7 Å². The summed E-state index contributed by atoms with van der Waals surface area (Å²) in [6.45, 7) is 6.72. The molecule has 1 aliphatic heterocycles. The lowest BCUT2D eigenvalue weighted by Crippen LogP contribution is -2.32. The van der Waals surface area contributed by atoms with Gasteiger partial charge in [0, 0.05) is 18.8 Å². The number of benzene rings is 1. The lowest BCUT2D eigenvalue weighted by Gasteiger charge is -2.17. The van der Waals surface area contributed by atoms with Crippen LogP contribution in [0.1, 0.15) is 51.0 Å². The van der Waals surface area contributed by atoms with Crippen LogP contribution in [0.4, 0.5) is 0 Å². The Kier molecular flexibility index (Phi) is 6.15. The Morgan fingerprint density at radius 3 is 2.45 bits per heavy atom. The van der Waals surface area contributed by atoms with Crippen molar-refractivity contribution in [1.29, 1.82) is 0 Å². The molecule has 7 nitrogen and oxygen atoms in total. The van der Waals surface area contributed by atoms with Crippen molar-refractivity contribution in [2.45, 2.75) is 40.2 Å². The Morgan fingerprint density at radius 1 is 1.17 bits per heavy atom. The van der Waals surface area contributed by atoms with Gasteiger partial charge in [0.15, 0.2) is 5.78 Å². The third kappa shape index (κ3) is 4.55. The summed E-state index contributed by atoms with van der Waals surface area (Å²) in [5.41, 5.74) is 3.69. The van der Waals surface area contributed by atoms with Crippen LogP contribution in [-0.2, 0) is 22.5 Å². The normalized spacial score (nSPS) is 16.1. The molecule has 3 rings (SSSR count). The van der Waals surface area contributed by atoms with E-state index in [0.717, 1.165) is 30.6 Å². The predicted molar refractivity (Wildman–Crippen MR) is 108 cm³/mol. The van der Waals surface area contributed by atoms with Crippen molar-refractivity contribution in [3.8, 4) is 0 Å². The third-order valence-electron chi connectivity index (χ3n) is 5.56. The highest BCUT2D eigenvalue weighted by atomic mass is 16.5. The molecule has 2 aromatic rings. The fourth-order valence-electron chi connectivity index (χ4n) is 4.04. The van der Waals surface area contributed by atoms with Crippen LogP contribution in [0, 0.1) is 19.8 Å². The highest BCUT2D eigenvalue weighted by molar-refractivity contribution is 5.96. The van der Waals surface area contributed by atoms with Crippen molar-refractivity contribution in [2.24, 2.45) is 5.92 Å². The molecule has 1 aliphatic rings. The molecule has 0 aliphatic carbocycles. The van der Waals surface area contributed by atoms with E-state index in [4.69, 9.17) is 4.74 Å². The number of amides is 1. The Morgan fingerprint density at radius 2 is 1.86 bits per heavy atom. The summed E-state index contributed by atoms with van der Waals surface area (Å²) in [5, 5.41) is 4.37. The van der Waals surface area contributed by atoms with Gasteiger partial charge in [0.05, 0.1) is 23.9 Å². The number of ether oxygens (including phenoxy) is 1. The van der Waals surface area contributed by atoms with Crippen molar-refractivity contribution < 1.29 is 19.1 Å². The molecule has 1 saturated heterocycles. The first-order valence-corrected chi connectivity index (χ1v) is 9.80. The molecule has 7 heteroatoms. The van der Waals surface area contributed by atoms with Crippen molar-refractivity contribution in [3.05, 3.63) is 52.3 Å². The van der Waals surface area contributed by atoms with Crippen LogP contribution in [0.15, 0.2) is 24.3 Å². The van der Waals surface area contributed by atoms with Crippen LogP contribution >= 0.6 is 0 Å². The quantitative estimate of drug-likeness (QED) is 0.553. The van der Waals surface area contributed by atoms with Gasteiger partial charge in [-0.15, -0.1) is 0 Å². The molecule has 29 heavy (non-hydrogen) atoms. The molecule has 0 saturated carbocycles. The van der Waals surface area contributed by atoms with Gasteiger partial charge in [0.25, 0.3) is 0 Å². The second-order valence-electron chi connectivity index (χ2n) is 7.65. The van der Waals surface area contributed by atoms with Crippen LogP contribution in [0.25, 0.3) is 0 Å². The molecule has 0 radical (unpaired) electrons. The summed E-state index contributed by atoms with van der Waals surface area (Å²) in [4.78, 5) is 37.9. The van der Waals surface area contributed by atoms with E-state index in [9.17, 15) is 14.4 Å². The molecule has 1 amide bonds. The largest absolute Gasteiger partial charge is 0.465 e. The Hall–Kier alpha value is -2.96. The molecule has 0 N–H and O–H groups in total. The van der Waals surface area contributed by atoms with E-state index in [0.29, 0.717) is 29.3 Å². The number of Topliss-reactive ketones (excluding diaryl/α,β-unsaturated/α-hetero) is 1. The fourth-order valence-corrected chi connectivity index (χ4v) is 4.04. The lowest BCUT2D eigenvalue weighted by atomic mass is 9.98. The summed E-state index contributed by atoms with van der Waals surface area (Å²) in [5.74, 6) is 0.0369. The number of aryl methyl sites for hydroxylation is 1. The van der Waals surface area contributed by atoms with Crippen LogP contribution in [-0.4, -0.2) is 52.5 Å². The Labute approximate surface area is 170 Å². The van der Waals surface area contributed by atoms with Gasteiger partial charge in [-0.25, -0.2) is 4.79 Å². The number of methoxy groups -OCH3 is 1. The molecule has 2 heterocycles. The topological polar surface area (TPSA) is 81.5 Å². The number of esters is 1. The third-order valence-corrected chi connectivity index (χ3v) is 5.56. The summed E-state index contributed by atoms with van der Waals surface area (Å²) in [6.07, 6.45) is 1.81. The molecular weight excluding hydrogens is 370 g/mol. The number of rotatable bonds is 6. The SMILES string of the molecule is COC(=O)c1ccc(CC2CCN(C(=O)Cn3nc(C)c(C(C)=O)c3C)C2)cc1. The summed E-state index contributed by atoms with van der Waals surface area (Å²) in [6, 6.07) is 7.43. The van der Waals surface area contributed by atoms with Crippen LogP contribution in [0.3, 0.4) is 0 Å². The van der Waals surface area contributed by atoms with Crippen molar-refractivity contribution in [3.63, 3.8) is 0 Å². The van der Waals surface area contributed by atoms with E-state index in [1.165, 1.54) is 14.0 Å². The molecule has 0 spiro atoms. The average Bonchev–Trinajstić information content (AvgIpc) is 3.26. The number of carbonyl (C=O) groups is 3. The Balaban J connectivity index is 1.58. The van der Waals surface area contributed by atoms with Gasteiger partial charge in [-0.3, -0.25) is 14.3 Å². The standard InChI is InChI=1S/C22H27N3O4/c1-14-21(16(3)26)15(2)25(23-14)13-20(27)24-10-9-18(12-24)11-17-5-7-19(8-6-17)22(28)29-4/h5-8,18H,9-13H2,1-4H3. The zero-order valence-corrected chi connectivity index (χ0v) is 17.4. The number of ketones is 1. The summed E-state index contributed by atoms with van der Waals surface area (Å²) < 4.78 is 6.35. The monoisotopic (exact) mass is 397 g/mol. The minimum absolute atomic E-state index is 0.0224. The van der Waals surface area contributed by atoms with Gasteiger partial charge in [0.1, 0.15) is 6.54 Å². The van der Waals surface area contributed by atoms with E-state index in [1.807, 2.05) is 24.0 Å². The van der Waals surface area contributed by atoms with Gasteiger partial charge in [0.2, 0.25) is 5.91 Å². The van der Waals surface area contributed by atoms with Crippen LogP contribution in [0.5, 0.6) is 0 Å². The number of likely N-dealkylation sites (tertiary alicyclic amines) is 1. The number of aromatic nitrogens is 2. The average molecular weight is 397 g/mol.